The van der Waals surface area contributed by atoms with Crippen LogP contribution in [0.5, 0.6) is 0 Å². The highest BCUT2D eigenvalue weighted by Crippen LogP contribution is 2.22. The van der Waals surface area contributed by atoms with Gasteiger partial charge in [-0.25, -0.2) is 22.0 Å². The van der Waals surface area contributed by atoms with Crippen LogP contribution in [0.1, 0.15) is 24.2 Å². The number of thiazole rings is 1. The third kappa shape index (κ3) is 5.07. The van der Waals surface area contributed by atoms with Crippen molar-refractivity contribution < 1.29 is 21.6 Å². The number of hydrogen-bond donors (Lipinski definition) is 1. The molecule has 3 aromatic rings. The van der Waals surface area contributed by atoms with Crippen molar-refractivity contribution in [2.24, 2.45) is 10.1 Å². The van der Waals surface area contributed by atoms with Gasteiger partial charge >= 0.3 is 0 Å². The van der Waals surface area contributed by atoms with E-state index in [0.717, 1.165) is 11.3 Å². The van der Waals surface area contributed by atoms with Crippen LogP contribution in [0, 0.1) is 12.3 Å². The van der Waals surface area contributed by atoms with Crippen molar-refractivity contribution in [3.8, 4) is 12.3 Å². The molecular weight excluding hydrogens is 484 g/mol. The number of primary sulfonamides is 1. The van der Waals surface area contributed by atoms with E-state index in [4.69, 9.17) is 11.6 Å². The van der Waals surface area contributed by atoms with Crippen molar-refractivity contribution in [1.82, 2.24) is 8.87 Å². The van der Waals surface area contributed by atoms with Gasteiger partial charge in [0, 0.05) is 18.7 Å². The number of terminal acetylenes is 1. The molecule has 2 N–H and O–H groups in total. The molecule has 0 fully saturated rings. The van der Waals surface area contributed by atoms with Crippen LogP contribution >= 0.6 is 11.3 Å². The maximum atomic E-state index is 12.8. The number of fused-ring (bicyclic) bond motifs is 1. The second-order valence-electron chi connectivity index (χ2n) is 7.41. The molecule has 9 nitrogen and oxygen atoms in total. The predicted octanol–water partition coefficient (Wildman–Crippen LogP) is 1.75. The van der Waals surface area contributed by atoms with E-state index in [1.165, 1.54) is 47.8 Å². The van der Waals surface area contributed by atoms with Crippen molar-refractivity contribution in [3.63, 3.8) is 0 Å². The van der Waals surface area contributed by atoms with Crippen LogP contribution in [-0.2, 0) is 26.6 Å². The number of rotatable bonds is 6. The summed E-state index contributed by atoms with van der Waals surface area (Å²) in [6.45, 7) is 3.63. The number of nitrogens with two attached hydrogens (primary N) is 1. The van der Waals surface area contributed by atoms with Crippen LogP contribution in [0.15, 0.2) is 57.2 Å². The molecule has 174 valence electrons. The summed E-state index contributed by atoms with van der Waals surface area (Å²) in [6, 6.07) is 9.59. The van der Waals surface area contributed by atoms with Crippen molar-refractivity contribution in [2.45, 2.75) is 36.2 Å². The molecule has 2 aromatic carbocycles. The third-order valence-corrected chi connectivity index (χ3v) is 8.93. The number of sulfonamides is 2. The molecule has 0 saturated carbocycles. The Hall–Kier alpha value is -2.82. The highest BCUT2D eigenvalue weighted by Gasteiger charge is 2.23. The number of carbonyl (C=O) groups excluding carboxylic acids is 1. The van der Waals surface area contributed by atoms with E-state index in [0.29, 0.717) is 10.2 Å². The quantitative estimate of drug-likeness (QED) is 0.509. The van der Waals surface area contributed by atoms with E-state index in [-0.39, 0.29) is 32.7 Å². The molecule has 0 unspecified atom stereocenters. The van der Waals surface area contributed by atoms with Gasteiger partial charge in [0.1, 0.15) is 0 Å². The van der Waals surface area contributed by atoms with E-state index < -0.39 is 26.0 Å². The lowest BCUT2D eigenvalue weighted by atomic mass is 10.2. The molecule has 3 rings (SSSR count). The van der Waals surface area contributed by atoms with Gasteiger partial charge in [0.2, 0.25) is 20.0 Å². The molecule has 1 amide bonds. The molecule has 0 saturated heterocycles. The Kier molecular flexibility index (Phi) is 6.92. The minimum absolute atomic E-state index is 0.0647. The summed E-state index contributed by atoms with van der Waals surface area (Å²) in [4.78, 5) is 17.2. The Morgan fingerprint density at radius 1 is 1.15 bits per heavy atom. The fourth-order valence-electron chi connectivity index (χ4n) is 2.92. The first kappa shape index (κ1) is 24.8. The Morgan fingerprint density at radius 2 is 1.76 bits per heavy atom. The molecule has 1 heterocycles. The number of hydrogen-bond acceptors (Lipinski definition) is 6. The van der Waals surface area contributed by atoms with E-state index in [1.807, 2.05) is 0 Å². The summed E-state index contributed by atoms with van der Waals surface area (Å²) in [5.41, 5.74) is 0.797. The van der Waals surface area contributed by atoms with Crippen LogP contribution in [0.2, 0.25) is 0 Å². The van der Waals surface area contributed by atoms with Crippen LogP contribution in [0.3, 0.4) is 0 Å². The maximum Gasteiger partial charge on any atom is 0.279 e. The lowest BCUT2D eigenvalue weighted by Gasteiger charge is -2.20. The lowest BCUT2D eigenvalue weighted by molar-refractivity contribution is 0.0997. The standard InChI is InChI=1S/C21H22N4O5S3/c1-5-12-25-18-11-10-17(32(22,27)28)13-19(18)31-21(25)23-20(26)15-6-8-16(9-7-15)33(29,30)24(4)14(2)3/h1,6-11,13-14H,12H2,2-4H3,(H2,22,27,28). The van der Waals surface area contributed by atoms with E-state index >= 15 is 0 Å². The summed E-state index contributed by atoms with van der Waals surface area (Å²) in [5.74, 6) is 1.89. The second kappa shape index (κ2) is 9.20. The Labute approximate surface area is 196 Å². The molecule has 12 heteroatoms. The SMILES string of the molecule is C#CCn1c(=NC(=O)c2ccc(S(=O)(=O)N(C)C(C)C)cc2)sc2cc(S(N)(=O)=O)ccc21. The predicted molar refractivity (Wildman–Crippen MR) is 126 cm³/mol. The first-order valence-electron chi connectivity index (χ1n) is 9.63. The molecule has 0 radical (unpaired) electrons. The van der Waals surface area contributed by atoms with Gasteiger partial charge in [-0.3, -0.25) is 4.79 Å². The lowest BCUT2D eigenvalue weighted by Crippen LogP contribution is -2.33. The average molecular weight is 507 g/mol. The van der Waals surface area contributed by atoms with Crippen molar-refractivity contribution in [3.05, 3.63) is 52.8 Å². The number of amides is 1. The first-order valence-corrected chi connectivity index (χ1v) is 13.4. The summed E-state index contributed by atoms with van der Waals surface area (Å²) in [7, 11) is -6.09. The summed E-state index contributed by atoms with van der Waals surface area (Å²) < 4.78 is 51.9. The zero-order valence-corrected chi connectivity index (χ0v) is 20.5. The number of benzene rings is 2. The summed E-state index contributed by atoms with van der Waals surface area (Å²) in [6.07, 6.45) is 5.45. The van der Waals surface area contributed by atoms with Crippen LogP contribution in [-0.4, -0.2) is 44.7 Å². The molecule has 0 spiro atoms. The third-order valence-electron chi connectivity index (χ3n) is 4.93. The van der Waals surface area contributed by atoms with Crippen molar-refractivity contribution in [2.75, 3.05) is 7.05 Å². The zero-order chi connectivity index (χ0) is 24.6. The monoisotopic (exact) mass is 506 g/mol. The van der Waals surface area contributed by atoms with E-state index in [2.05, 4.69) is 10.9 Å². The van der Waals surface area contributed by atoms with Gasteiger partial charge < -0.3 is 4.57 Å². The van der Waals surface area contributed by atoms with Gasteiger partial charge in [-0.2, -0.15) is 9.30 Å². The largest absolute Gasteiger partial charge is 0.305 e. The molecule has 0 bridgehead atoms. The molecule has 0 atom stereocenters. The molecule has 1 aromatic heterocycles. The summed E-state index contributed by atoms with van der Waals surface area (Å²) >= 11 is 1.09. The average Bonchev–Trinajstić information content (AvgIpc) is 3.09. The minimum Gasteiger partial charge on any atom is -0.305 e. The smallest absolute Gasteiger partial charge is 0.279 e. The van der Waals surface area contributed by atoms with E-state index in [9.17, 15) is 21.6 Å². The first-order chi connectivity index (χ1) is 15.4. The molecule has 0 aliphatic heterocycles. The molecule has 0 aliphatic rings. The number of nitrogens with zero attached hydrogens (tertiary/aromatic N) is 3. The number of aromatic nitrogens is 1. The fraction of sp³-hybridized carbons (Fsp3) is 0.238. The highest BCUT2D eigenvalue weighted by molar-refractivity contribution is 7.89. The second-order valence-corrected chi connectivity index (χ2v) is 12.0. The van der Waals surface area contributed by atoms with Crippen molar-refractivity contribution in [1.29, 1.82) is 0 Å². The van der Waals surface area contributed by atoms with E-state index in [1.54, 1.807) is 24.5 Å². The van der Waals surface area contributed by atoms with Gasteiger partial charge in [-0.1, -0.05) is 17.3 Å². The normalized spacial score (nSPS) is 13.1. The van der Waals surface area contributed by atoms with Gasteiger partial charge in [0.05, 0.1) is 26.6 Å². The highest BCUT2D eigenvalue weighted by atomic mass is 32.2. The number of carbonyl (C=O) groups is 1. The fourth-order valence-corrected chi connectivity index (χ4v) is 5.97. The maximum absolute atomic E-state index is 12.8. The topological polar surface area (TPSA) is 132 Å². The molecule has 0 aliphatic carbocycles. The summed E-state index contributed by atoms with van der Waals surface area (Å²) in [5, 5.41) is 5.20. The van der Waals surface area contributed by atoms with Gasteiger partial charge in [-0.15, -0.1) is 6.42 Å². The zero-order valence-electron chi connectivity index (χ0n) is 18.1. The van der Waals surface area contributed by atoms with Crippen LogP contribution in [0.25, 0.3) is 10.2 Å². The Balaban J connectivity index is 2.04. The molecule has 33 heavy (non-hydrogen) atoms. The van der Waals surface area contributed by atoms with Gasteiger partial charge in [0.25, 0.3) is 5.91 Å². The minimum atomic E-state index is -3.90. The van der Waals surface area contributed by atoms with Crippen molar-refractivity contribution >= 4 is 47.5 Å². The van der Waals surface area contributed by atoms with Crippen LogP contribution in [0.4, 0.5) is 0 Å². The Morgan fingerprint density at radius 3 is 2.30 bits per heavy atom. The van der Waals surface area contributed by atoms with Gasteiger partial charge in [-0.05, 0) is 56.3 Å². The van der Waals surface area contributed by atoms with Gasteiger partial charge in [0.15, 0.2) is 4.80 Å². The Bertz CT molecular complexity index is 1540. The van der Waals surface area contributed by atoms with Crippen LogP contribution < -0.4 is 9.94 Å². The molecular formula is C21H22N4O5S3.